The van der Waals surface area contributed by atoms with Gasteiger partial charge in [0.2, 0.25) is 0 Å². The van der Waals surface area contributed by atoms with E-state index in [1.165, 1.54) is 0 Å². The van der Waals surface area contributed by atoms with E-state index in [2.05, 4.69) is 22.1 Å². The topological polar surface area (TPSA) is 51.7 Å². The highest BCUT2D eigenvalue weighted by Gasteiger charge is 2.24. The maximum absolute atomic E-state index is 13.7. The second-order valence-electron chi connectivity index (χ2n) is 9.53. The van der Waals surface area contributed by atoms with Crippen molar-refractivity contribution in [3.63, 3.8) is 0 Å². The molecule has 6 aromatic rings. The van der Waals surface area contributed by atoms with E-state index in [9.17, 15) is 4.79 Å². The van der Waals surface area contributed by atoms with Gasteiger partial charge in [0.15, 0.2) is 0 Å². The van der Waals surface area contributed by atoms with E-state index in [4.69, 9.17) is 23.2 Å². The lowest BCUT2D eigenvalue weighted by molar-refractivity contribution is -0.121. The lowest BCUT2D eigenvalue weighted by atomic mass is 9.84. The van der Waals surface area contributed by atoms with Crippen molar-refractivity contribution in [2.75, 3.05) is 0 Å². The van der Waals surface area contributed by atoms with Gasteiger partial charge in [-0.1, -0.05) is 73.4 Å². The molecule has 0 saturated heterocycles. The molecule has 0 aliphatic heterocycles. The van der Waals surface area contributed by atoms with Crippen LogP contribution < -0.4 is 0 Å². The molecular weight excluding hydrogens is 515 g/mol. The molecule has 4 aromatic heterocycles. The zero-order valence-electron chi connectivity index (χ0n) is 20.8. The normalized spacial score (nSPS) is 13.2. The standard InChI is InChI=1S/C31H24Cl2N4O/c1-19(21-5-3-7-23(13-21)27-15-34-29-11-9-25(32)17-36(27)29)31(38)20(2)22-6-4-8-24(14-22)28-16-35-30-12-10-26(33)18-37(28)30/h3-20H,1-2H3. The molecule has 5 nitrogen and oxygen atoms in total. The second kappa shape index (κ2) is 9.75. The number of benzene rings is 2. The first-order valence-electron chi connectivity index (χ1n) is 12.4. The minimum Gasteiger partial charge on any atom is -0.298 e. The van der Waals surface area contributed by atoms with Gasteiger partial charge in [0.1, 0.15) is 17.1 Å². The van der Waals surface area contributed by atoms with E-state index >= 15 is 0 Å². The van der Waals surface area contributed by atoms with Crippen LogP contribution in [0.15, 0.2) is 97.6 Å². The third-order valence-electron chi connectivity index (χ3n) is 7.16. The van der Waals surface area contributed by atoms with Gasteiger partial charge >= 0.3 is 0 Å². The Labute approximate surface area is 230 Å². The lowest BCUT2D eigenvalue weighted by Gasteiger charge is -2.18. The van der Waals surface area contributed by atoms with E-state index < -0.39 is 0 Å². The number of pyridine rings is 2. The molecule has 0 aliphatic carbocycles. The summed E-state index contributed by atoms with van der Waals surface area (Å²) in [6.07, 6.45) is 7.37. The fourth-order valence-electron chi connectivity index (χ4n) is 4.97. The third kappa shape index (κ3) is 4.38. The molecule has 188 valence electrons. The predicted molar refractivity (Wildman–Crippen MR) is 153 cm³/mol. The van der Waals surface area contributed by atoms with Crippen LogP contribution in [0.25, 0.3) is 33.8 Å². The SMILES string of the molecule is CC(C(=O)C(C)c1cccc(-c2cnc3ccc(Cl)cn23)c1)c1cccc(-c2cnc3ccc(Cl)cn23)c1. The first-order valence-corrected chi connectivity index (χ1v) is 13.1. The summed E-state index contributed by atoms with van der Waals surface area (Å²) in [6.45, 7) is 3.94. The smallest absolute Gasteiger partial charge is 0.147 e. The fourth-order valence-corrected chi connectivity index (χ4v) is 5.30. The van der Waals surface area contributed by atoms with Crippen LogP contribution in [0.2, 0.25) is 10.0 Å². The number of nitrogens with zero attached hydrogens (tertiary/aromatic N) is 4. The Morgan fingerprint density at radius 1 is 0.684 bits per heavy atom. The van der Waals surface area contributed by atoms with Crippen molar-refractivity contribution in [1.82, 2.24) is 18.8 Å². The average molecular weight is 539 g/mol. The number of ketones is 1. The summed E-state index contributed by atoms with van der Waals surface area (Å²) in [7, 11) is 0. The van der Waals surface area contributed by atoms with Gasteiger partial charge in [-0.3, -0.25) is 13.6 Å². The zero-order chi connectivity index (χ0) is 26.4. The van der Waals surface area contributed by atoms with E-state index in [0.29, 0.717) is 10.0 Å². The molecule has 7 heteroatoms. The monoisotopic (exact) mass is 538 g/mol. The molecule has 38 heavy (non-hydrogen) atoms. The Morgan fingerprint density at radius 2 is 1.13 bits per heavy atom. The van der Waals surface area contributed by atoms with Crippen LogP contribution in [0, 0.1) is 0 Å². The number of halogens is 2. The van der Waals surface area contributed by atoms with E-state index in [1.807, 2.05) is 108 Å². The lowest BCUT2D eigenvalue weighted by Crippen LogP contribution is -2.16. The van der Waals surface area contributed by atoms with Crippen LogP contribution in [-0.2, 0) is 4.79 Å². The number of imidazole rings is 2. The van der Waals surface area contributed by atoms with Gasteiger partial charge in [-0.15, -0.1) is 0 Å². The molecule has 2 atom stereocenters. The minimum absolute atomic E-state index is 0.154. The van der Waals surface area contributed by atoms with Crippen LogP contribution in [0.4, 0.5) is 0 Å². The summed E-state index contributed by atoms with van der Waals surface area (Å²) in [6, 6.07) is 23.6. The quantitative estimate of drug-likeness (QED) is 0.215. The first kappa shape index (κ1) is 24.4. The molecule has 0 saturated carbocycles. The molecule has 0 radical (unpaired) electrons. The van der Waals surface area contributed by atoms with Crippen molar-refractivity contribution in [2.24, 2.45) is 0 Å². The average Bonchev–Trinajstić information content (AvgIpc) is 3.55. The van der Waals surface area contributed by atoms with Crippen molar-refractivity contribution >= 4 is 40.3 Å². The Balaban J connectivity index is 1.29. The molecular formula is C31H24Cl2N4O. The molecule has 6 rings (SSSR count). The van der Waals surface area contributed by atoms with Crippen LogP contribution in [0.3, 0.4) is 0 Å². The van der Waals surface area contributed by atoms with Crippen molar-refractivity contribution in [1.29, 1.82) is 0 Å². The van der Waals surface area contributed by atoms with Crippen molar-refractivity contribution in [2.45, 2.75) is 25.7 Å². The van der Waals surface area contributed by atoms with E-state index in [-0.39, 0.29) is 17.6 Å². The molecule has 0 spiro atoms. The fraction of sp³-hybridized carbons (Fsp3) is 0.129. The third-order valence-corrected chi connectivity index (χ3v) is 7.60. The van der Waals surface area contributed by atoms with Gasteiger partial charge < -0.3 is 0 Å². The Hall–Kier alpha value is -3.93. The molecule has 4 heterocycles. The van der Waals surface area contributed by atoms with Crippen LogP contribution >= 0.6 is 23.2 Å². The Morgan fingerprint density at radius 3 is 1.58 bits per heavy atom. The number of hydrogen-bond donors (Lipinski definition) is 0. The van der Waals surface area contributed by atoms with Gasteiger partial charge in [-0.25, -0.2) is 9.97 Å². The predicted octanol–water partition coefficient (Wildman–Crippen LogP) is 8.10. The van der Waals surface area contributed by atoms with Crippen molar-refractivity contribution in [3.05, 3.63) is 119 Å². The molecule has 0 fully saturated rings. The number of rotatable bonds is 6. The molecule has 0 N–H and O–H groups in total. The molecule has 0 aliphatic rings. The summed E-state index contributed by atoms with van der Waals surface area (Å²) in [5.41, 5.74) is 7.39. The summed E-state index contributed by atoms with van der Waals surface area (Å²) >= 11 is 12.5. The zero-order valence-corrected chi connectivity index (χ0v) is 22.4. The summed E-state index contributed by atoms with van der Waals surface area (Å²) < 4.78 is 3.94. The van der Waals surface area contributed by atoms with Crippen LogP contribution in [0.5, 0.6) is 0 Å². The number of hydrogen-bond acceptors (Lipinski definition) is 3. The van der Waals surface area contributed by atoms with Crippen LogP contribution in [0.1, 0.15) is 36.8 Å². The second-order valence-corrected chi connectivity index (χ2v) is 10.4. The molecule has 0 bridgehead atoms. The first-order chi connectivity index (χ1) is 18.4. The number of carbonyl (C=O) groups is 1. The van der Waals surface area contributed by atoms with Gasteiger partial charge in [-0.05, 0) is 47.5 Å². The largest absolute Gasteiger partial charge is 0.298 e. The number of Topliss-reactive ketones (excluding diaryl/α,β-unsaturated/α-hetero) is 1. The van der Waals surface area contributed by atoms with Crippen molar-refractivity contribution in [3.8, 4) is 22.5 Å². The highest BCUT2D eigenvalue weighted by molar-refractivity contribution is 6.30. The molecule has 2 unspecified atom stereocenters. The van der Waals surface area contributed by atoms with E-state index in [0.717, 1.165) is 44.9 Å². The summed E-state index contributed by atoms with van der Waals surface area (Å²) in [4.78, 5) is 22.7. The van der Waals surface area contributed by atoms with Gasteiger partial charge in [0.05, 0.1) is 33.8 Å². The Kier molecular flexibility index (Phi) is 6.26. The Bertz CT molecular complexity index is 1690. The maximum atomic E-state index is 13.7. The summed E-state index contributed by atoms with van der Waals surface area (Å²) in [5.74, 6) is -0.418. The van der Waals surface area contributed by atoms with Gasteiger partial charge in [0.25, 0.3) is 0 Å². The van der Waals surface area contributed by atoms with Crippen molar-refractivity contribution < 1.29 is 4.79 Å². The highest BCUT2D eigenvalue weighted by atomic mass is 35.5. The van der Waals surface area contributed by atoms with E-state index in [1.54, 1.807) is 0 Å². The molecule has 0 amide bonds. The summed E-state index contributed by atoms with van der Waals surface area (Å²) in [5, 5.41) is 1.28. The molecule has 2 aromatic carbocycles. The number of carbonyl (C=O) groups excluding carboxylic acids is 1. The minimum atomic E-state index is -0.286. The van der Waals surface area contributed by atoms with Crippen LogP contribution in [-0.4, -0.2) is 24.6 Å². The van der Waals surface area contributed by atoms with Gasteiger partial charge in [0, 0.05) is 35.4 Å². The number of fused-ring (bicyclic) bond motifs is 2. The highest BCUT2D eigenvalue weighted by Crippen LogP contribution is 2.32. The van der Waals surface area contributed by atoms with Gasteiger partial charge in [-0.2, -0.15) is 0 Å². The number of aromatic nitrogens is 4. The maximum Gasteiger partial charge on any atom is 0.147 e.